The van der Waals surface area contributed by atoms with Crippen LogP contribution in [0.2, 0.25) is 0 Å². The van der Waals surface area contributed by atoms with Crippen molar-refractivity contribution >= 4 is 17.5 Å². The number of aryl methyl sites for hydroxylation is 2. The second-order valence-electron chi connectivity index (χ2n) is 10.1. The molecule has 0 radical (unpaired) electrons. The van der Waals surface area contributed by atoms with Crippen LogP contribution in [0.1, 0.15) is 57.1 Å². The Kier molecular flexibility index (Phi) is 7.13. The molecular weight excluding hydrogens is 424 g/mol. The molecule has 2 aromatic rings. The van der Waals surface area contributed by atoms with Gasteiger partial charge in [-0.25, -0.2) is 0 Å². The Morgan fingerprint density at radius 1 is 1.19 bits per heavy atom. The van der Waals surface area contributed by atoms with Gasteiger partial charge in [-0.1, -0.05) is 6.92 Å². The summed E-state index contributed by atoms with van der Waals surface area (Å²) < 4.78 is 5.76. The summed E-state index contributed by atoms with van der Waals surface area (Å²) in [4.78, 5) is 13.2. The van der Waals surface area contributed by atoms with Crippen molar-refractivity contribution < 1.29 is 4.79 Å². The molecule has 6 unspecified atom stereocenters. The predicted octanol–water partition coefficient (Wildman–Crippen LogP) is 3.40. The number of nitrogens with one attached hydrogen (secondary N) is 2. The maximum atomic E-state index is 13.2. The van der Waals surface area contributed by atoms with E-state index >= 15 is 0 Å². The van der Waals surface area contributed by atoms with Gasteiger partial charge in [-0.05, 0) is 62.3 Å². The molecule has 8 heteroatoms. The first kappa shape index (κ1) is 23.1. The van der Waals surface area contributed by atoms with Crippen molar-refractivity contribution in [2.45, 2.75) is 63.3 Å². The molecule has 176 valence electrons. The van der Waals surface area contributed by atoms with Crippen LogP contribution >= 0.6 is 11.6 Å². The summed E-state index contributed by atoms with van der Waals surface area (Å²) in [6, 6.07) is 2.08. The summed E-state index contributed by atoms with van der Waals surface area (Å²) in [6.07, 6.45) is 11.7. The Hall–Kier alpha value is -2.02. The van der Waals surface area contributed by atoms with E-state index in [9.17, 15) is 4.79 Å². The molecule has 6 atom stereocenters. The molecule has 2 aliphatic carbocycles. The van der Waals surface area contributed by atoms with E-state index in [2.05, 4.69) is 23.4 Å². The lowest BCUT2D eigenvalue weighted by atomic mass is 9.73. The number of imidazole rings is 1. The van der Waals surface area contributed by atoms with Crippen molar-refractivity contribution in [3.8, 4) is 0 Å². The molecule has 32 heavy (non-hydrogen) atoms. The largest absolute Gasteiger partial charge is 0.356 e. The zero-order chi connectivity index (χ0) is 22.8. The Balaban J connectivity index is 1.43. The fraction of sp³-hybridized carbons (Fsp3) is 0.708. The van der Waals surface area contributed by atoms with Crippen molar-refractivity contribution in [2.75, 3.05) is 6.54 Å². The molecule has 2 N–H and O–H groups in total. The molecule has 2 heterocycles. The molecule has 1 amide bonds. The molecule has 7 nitrogen and oxygen atoms in total. The number of hydrogen-bond donors (Lipinski definition) is 2. The van der Waals surface area contributed by atoms with E-state index in [1.807, 2.05) is 46.5 Å². The molecule has 4 rings (SSSR count). The summed E-state index contributed by atoms with van der Waals surface area (Å²) in [6.45, 7) is 3.75. The van der Waals surface area contributed by atoms with Gasteiger partial charge in [-0.15, -0.1) is 11.6 Å². The predicted molar refractivity (Wildman–Crippen MR) is 125 cm³/mol. The van der Waals surface area contributed by atoms with E-state index in [1.54, 1.807) is 0 Å². The fourth-order valence-corrected chi connectivity index (χ4v) is 6.05. The number of rotatable bonds is 6. The highest BCUT2D eigenvalue weighted by Crippen LogP contribution is 2.40. The Bertz CT molecular complexity index is 977. The quantitative estimate of drug-likeness (QED) is 0.648. The molecule has 2 aromatic heterocycles. The van der Waals surface area contributed by atoms with E-state index in [-0.39, 0.29) is 17.2 Å². The van der Waals surface area contributed by atoms with Crippen LogP contribution in [0.25, 0.3) is 0 Å². The number of carbonyl (C=O) groups is 1. The normalized spacial score (nSPS) is 30.9. The van der Waals surface area contributed by atoms with Gasteiger partial charge in [-0.3, -0.25) is 14.9 Å². The zero-order valence-electron chi connectivity index (χ0n) is 19.5. The zero-order valence-corrected chi connectivity index (χ0v) is 20.3. The van der Waals surface area contributed by atoms with E-state index in [1.165, 1.54) is 5.69 Å². The molecule has 0 spiro atoms. The number of amides is 1. The highest BCUT2D eigenvalue weighted by atomic mass is 35.5. The minimum absolute atomic E-state index is 0.00562. The van der Waals surface area contributed by atoms with Gasteiger partial charge < -0.3 is 14.5 Å². The molecule has 0 aromatic carbocycles. The summed E-state index contributed by atoms with van der Waals surface area (Å²) in [5.41, 5.74) is 1.70. The second kappa shape index (κ2) is 9.86. The number of carbonyl (C=O) groups excluding carboxylic acids is 1. The highest BCUT2D eigenvalue weighted by molar-refractivity contribution is 6.20. The minimum Gasteiger partial charge on any atom is -0.356 e. The first-order chi connectivity index (χ1) is 15.3. The van der Waals surface area contributed by atoms with Crippen molar-refractivity contribution in [2.24, 2.45) is 37.8 Å². The molecule has 2 fully saturated rings. The standard InChI is InChI=1S/C24H37ClN6O/c1-16-10-17(4-5-21(16)25)14-27-23(32)20-12-18(15-31-9-8-29(2)24(31)26)11-19(13-20)22-6-7-28-30(22)3/h6-9,16-21,26H,4-5,10-15H2,1-3H3,(H,27,32). The van der Waals surface area contributed by atoms with Crippen LogP contribution in [0.4, 0.5) is 0 Å². The molecule has 0 saturated heterocycles. The van der Waals surface area contributed by atoms with Gasteiger partial charge in [0.05, 0.1) is 0 Å². The van der Waals surface area contributed by atoms with Gasteiger partial charge in [0, 0.05) is 68.7 Å². The Labute approximate surface area is 195 Å². The number of halogens is 1. The van der Waals surface area contributed by atoms with Crippen LogP contribution in [0, 0.1) is 29.1 Å². The number of hydrogen-bond acceptors (Lipinski definition) is 3. The van der Waals surface area contributed by atoms with Crippen LogP contribution in [0.5, 0.6) is 0 Å². The third-order valence-electron chi connectivity index (χ3n) is 7.72. The Morgan fingerprint density at radius 2 is 2.00 bits per heavy atom. The van der Waals surface area contributed by atoms with Crippen LogP contribution in [-0.2, 0) is 25.4 Å². The molecule has 0 aliphatic heterocycles. The molecular formula is C24H37ClN6O. The lowest BCUT2D eigenvalue weighted by molar-refractivity contribution is -0.127. The summed E-state index contributed by atoms with van der Waals surface area (Å²) in [5.74, 6) is 1.88. The first-order valence-electron chi connectivity index (χ1n) is 12.0. The third-order valence-corrected chi connectivity index (χ3v) is 8.37. The molecule has 0 bridgehead atoms. The van der Waals surface area contributed by atoms with Crippen LogP contribution < -0.4 is 10.9 Å². The van der Waals surface area contributed by atoms with Gasteiger partial charge in [0.15, 0.2) is 0 Å². The van der Waals surface area contributed by atoms with Gasteiger partial charge in [0.25, 0.3) is 0 Å². The van der Waals surface area contributed by atoms with Crippen LogP contribution in [-0.4, -0.2) is 36.7 Å². The minimum atomic E-state index is -0.00562. The smallest absolute Gasteiger partial charge is 0.223 e. The number of alkyl halides is 1. The van der Waals surface area contributed by atoms with Gasteiger partial charge in [-0.2, -0.15) is 5.10 Å². The van der Waals surface area contributed by atoms with Gasteiger partial charge in [0.1, 0.15) is 0 Å². The second-order valence-corrected chi connectivity index (χ2v) is 10.7. The monoisotopic (exact) mass is 460 g/mol. The van der Waals surface area contributed by atoms with E-state index < -0.39 is 0 Å². The van der Waals surface area contributed by atoms with Crippen LogP contribution in [0.3, 0.4) is 0 Å². The van der Waals surface area contributed by atoms with Gasteiger partial charge >= 0.3 is 0 Å². The molecule has 2 saturated carbocycles. The maximum Gasteiger partial charge on any atom is 0.223 e. The van der Waals surface area contributed by atoms with E-state index in [4.69, 9.17) is 17.0 Å². The molecule has 2 aliphatic rings. The van der Waals surface area contributed by atoms with E-state index in [0.717, 1.165) is 51.6 Å². The summed E-state index contributed by atoms with van der Waals surface area (Å²) >= 11 is 6.38. The van der Waals surface area contributed by atoms with Crippen molar-refractivity contribution in [3.63, 3.8) is 0 Å². The lowest BCUT2D eigenvalue weighted by Crippen LogP contribution is -2.40. The maximum absolute atomic E-state index is 13.2. The third kappa shape index (κ3) is 5.13. The average molecular weight is 461 g/mol. The summed E-state index contributed by atoms with van der Waals surface area (Å²) in [5, 5.41) is 16.2. The van der Waals surface area contributed by atoms with Gasteiger partial charge in [0.2, 0.25) is 11.5 Å². The summed E-state index contributed by atoms with van der Waals surface area (Å²) in [7, 11) is 3.88. The van der Waals surface area contributed by atoms with Crippen molar-refractivity contribution in [3.05, 3.63) is 36.0 Å². The van der Waals surface area contributed by atoms with Crippen LogP contribution in [0.15, 0.2) is 24.7 Å². The number of aromatic nitrogens is 4. The highest BCUT2D eigenvalue weighted by Gasteiger charge is 2.35. The van der Waals surface area contributed by atoms with Crippen molar-refractivity contribution in [1.82, 2.24) is 24.2 Å². The Morgan fingerprint density at radius 3 is 2.66 bits per heavy atom. The average Bonchev–Trinajstić information content (AvgIpc) is 3.34. The number of nitrogens with zero attached hydrogens (tertiary/aromatic N) is 4. The SMILES string of the molecule is CC1CC(CNC(=O)C2CC(Cn3ccn(C)c3=N)CC(c3ccnn3C)C2)CCC1Cl. The lowest BCUT2D eigenvalue weighted by Gasteiger charge is -2.35. The van der Waals surface area contributed by atoms with E-state index in [0.29, 0.717) is 29.3 Å². The fourth-order valence-electron chi connectivity index (χ4n) is 5.82. The van der Waals surface area contributed by atoms with Crippen molar-refractivity contribution in [1.29, 1.82) is 5.41 Å². The first-order valence-corrected chi connectivity index (χ1v) is 12.4. The topological polar surface area (TPSA) is 80.6 Å².